The highest BCUT2D eigenvalue weighted by atomic mass is 19.1. The number of halogens is 2. The Morgan fingerprint density at radius 1 is 1.05 bits per heavy atom. The van der Waals surface area contributed by atoms with Gasteiger partial charge in [0.1, 0.15) is 11.6 Å². The number of hydrogen-bond acceptors (Lipinski definition) is 3. The molecule has 1 heterocycles. The van der Waals surface area contributed by atoms with Crippen LogP contribution in [0.15, 0.2) is 36.4 Å². The Hall–Kier alpha value is -2.14. The minimum absolute atomic E-state index is 0.195. The van der Waals surface area contributed by atoms with Crippen LogP contribution >= 0.6 is 0 Å². The average Bonchev–Trinajstić information content (AvgIpc) is 2.89. The van der Waals surface area contributed by atoms with E-state index in [9.17, 15) is 8.78 Å². The highest BCUT2D eigenvalue weighted by Gasteiger charge is 2.17. The maximum absolute atomic E-state index is 13.6. The zero-order chi connectivity index (χ0) is 14.1. The van der Waals surface area contributed by atoms with Gasteiger partial charge in [-0.25, -0.2) is 8.78 Å². The van der Waals surface area contributed by atoms with Gasteiger partial charge in [0.05, 0.1) is 0 Å². The van der Waals surface area contributed by atoms with Crippen LogP contribution in [0.25, 0.3) is 0 Å². The average molecular weight is 277 g/mol. The Kier molecular flexibility index (Phi) is 3.28. The normalized spacial score (nSPS) is 14.3. The van der Waals surface area contributed by atoms with Crippen LogP contribution in [-0.2, 0) is 6.42 Å². The molecule has 3 nitrogen and oxygen atoms in total. The van der Waals surface area contributed by atoms with Crippen molar-refractivity contribution in [2.45, 2.75) is 12.5 Å². The summed E-state index contributed by atoms with van der Waals surface area (Å²) in [6.07, 6.45) is 0.283. The monoisotopic (exact) mass is 277 g/mol. The van der Waals surface area contributed by atoms with Gasteiger partial charge in [0.2, 0.25) is 6.79 Å². The van der Waals surface area contributed by atoms with Crippen LogP contribution in [0.3, 0.4) is 0 Å². The van der Waals surface area contributed by atoms with Crippen molar-refractivity contribution in [3.05, 3.63) is 59.2 Å². The van der Waals surface area contributed by atoms with Gasteiger partial charge in [-0.05, 0) is 35.7 Å². The van der Waals surface area contributed by atoms with E-state index in [1.807, 2.05) is 6.07 Å². The van der Waals surface area contributed by atoms with Crippen LogP contribution in [0.5, 0.6) is 11.5 Å². The van der Waals surface area contributed by atoms with Crippen molar-refractivity contribution in [2.75, 3.05) is 6.79 Å². The first kappa shape index (κ1) is 12.9. The topological polar surface area (TPSA) is 44.5 Å². The highest BCUT2D eigenvalue weighted by molar-refractivity contribution is 5.45. The van der Waals surface area contributed by atoms with E-state index in [2.05, 4.69) is 0 Å². The number of hydrogen-bond donors (Lipinski definition) is 1. The second-order valence-corrected chi connectivity index (χ2v) is 4.66. The molecule has 0 fully saturated rings. The summed E-state index contributed by atoms with van der Waals surface area (Å²) in [5.41, 5.74) is 7.27. The van der Waals surface area contributed by atoms with Crippen LogP contribution in [-0.4, -0.2) is 6.79 Å². The Labute approximate surface area is 114 Å². The van der Waals surface area contributed by atoms with Gasteiger partial charge in [-0.15, -0.1) is 0 Å². The predicted octanol–water partition coefficient (Wildman–Crippen LogP) is 2.94. The van der Waals surface area contributed by atoms with Crippen molar-refractivity contribution in [3.63, 3.8) is 0 Å². The third kappa shape index (κ3) is 2.44. The second-order valence-electron chi connectivity index (χ2n) is 4.66. The van der Waals surface area contributed by atoms with Gasteiger partial charge in [-0.3, -0.25) is 0 Å². The molecule has 0 saturated carbocycles. The molecule has 20 heavy (non-hydrogen) atoms. The van der Waals surface area contributed by atoms with Crippen molar-refractivity contribution in [1.82, 2.24) is 0 Å². The molecule has 0 bridgehead atoms. The first-order chi connectivity index (χ1) is 9.63. The highest BCUT2D eigenvalue weighted by Crippen LogP contribution is 2.34. The zero-order valence-corrected chi connectivity index (χ0v) is 10.6. The zero-order valence-electron chi connectivity index (χ0n) is 10.6. The standard InChI is InChI=1S/C15H13F2NO2/c16-11-3-1-9(12(17)7-11)5-13(18)10-2-4-14-15(6-10)20-8-19-14/h1-4,6-7,13H,5,8,18H2. The molecule has 104 valence electrons. The molecule has 1 aliphatic rings. The summed E-state index contributed by atoms with van der Waals surface area (Å²) in [7, 11) is 0. The van der Waals surface area contributed by atoms with E-state index in [0.717, 1.165) is 11.6 Å². The summed E-state index contributed by atoms with van der Waals surface area (Å²) in [6, 6.07) is 8.49. The minimum Gasteiger partial charge on any atom is -0.454 e. The van der Waals surface area contributed by atoms with Gasteiger partial charge >= 0.3 is 0 Å². The summed E-state index contributed by atoms with van der Waals surface area (Å²) in [6.45, 7) is 0.195. The number of rotatable bonds is 3. The third-order valence-electron chi connectivity index (χ3n) is 3.28. The van der Waals surface area contributed by atoms with Crippen LogP contribution in [0.2, 0.25) is 0 Å². The van der Waals surface area contributed by atoms with Crippen LogP contribution in [0.1, 0.15) is 17.2 Å². The van der Waals surface area contributed by atoms with E-state index >= 15 is 0 Å². The van der Waals surface area contributed by atoms with Crippen molar-refractivity contribution in [3.8, 4) is 11.5 Å². The van der Waals surface area contributed by atoms with Gasteiger partial charge in [0, 0.05) is 12.1 Å². The molecular weight excluding hydrogens is 264 g/mol. The fraction of sp³-hybridized carbons (Fsp3) is 0.200. The lowest BCUT2D eigenvalue weighted by atomic mass is 9.99. The number of fused-ring (bicyclic) bond motifs is 1. The molecule has 1 atom stereocenters. The van der Waals surface area contributed by atoms with E-state index in [-0.39, 0.29) is 13.2 Å². The Bertz CT molecular complexity index is 646. The maximum atomic E-state index is 13.6. The molecule has 2 aromatic carbocycles. The van der Waals surface area contributed by atoms with Gasteiger partial charge < -0.3 is 15.2 Å². The van der Waals surface area contributed by atoms with E-state index in [1.165, 1.54) is 12.1 Å². The molecule has 0 spiro atoms. The smallest absolute Gasteiger partial charge is 0.231 e. The lowest BCUT2D eigenvalue weighted by Crippen LogP contribution is -2.14. The van der Waals surface area contributed by atoms with Gasteiger partial charge in [-0.2, -0.15) is 0 Å². The molecule has 0 aliphatic carbocycles. The Balaban J connectivity index is 1.80. The van der Waals surface area contributed by atoms with Crippen molar-refractivity contribution >= 4 is 0 Å². The summed E-state index contributed by atoms with van der Waals surface area (Å²) in [5, 5.41) is 0. The quantitative estimate of drug-likeness (QED) is 0.938. The predicted molar refractivity (Wildman–Crippen MR) is 69.6 cm³/mol. The van der Waals surface area contributed by atoms with Gasteiger partial charge in [0.15, 0.2) is 11.5 Å². The second kappa shape index (κ2) is 5.09. The molecule has 1 unspecified atom stereocenters. The number of nitrogens with two attached hydrogens (primary N) is 1. The fourth-order valence-corrected chi connectivity index (χ4v) is 2.19. The number of ether oxygens (including phenoxy) is 2. The first-order valence-electron chi connectivity index (χ1n) is 6.22. The van der Waals surface area contributed by atoms with E-state index in [1.54, 1.807) is 12.1 Å². The molecule has 0 saturated heterocycles. The van der Waals surface area contributed by atoms with Crippen LogP contribution in [0, 0.1) is 11.6 Å². The summed E-state index contributed by atoms with van der Waals surface area (Å²) < 4.78 is 37.0. The third-order valence-corrected chi connectivity index (χ3v) is 3.28. The molecule has 0 aromatic heterocycles. The van der Waals surface area contributed by atoms with Crippen LogP contribution in [0.4, 0.5) is 8.78 Å². The van der Waals surface area contributed by atoms with E-state index in [4.69, 9.17) is 15.2 Å². The molecule has 2 N–H and O–H groups in total. The van der Waals surface area contributed by atoms with Gasteiger partial charge in [-0.1, -0.05) is 12.1 Å². The van der Waals surface area contributed by atoms with E-state index < -0.39 is 17.7 Å². The Morgan fingerprint density at radius 3 is 2.65 bits per heavy atom. The fourth-order valence-electron chi connectivity index (χ4n) is 2.19. The lowest BCUT2D eigenvalue weighted by molar-refractivity contribution is 0.174. The molecule has 0 amide bonds. The maximum Gasteiger partial charge on any atom is 0.231 e. The number of benzene rings is 2. The van der Waals surface area contributed by atoms with E-state index in [0.29, 0.717) is 17.1 Å². The molecule has 3 rings (SSSR count). The van der Waals surface area contributed by atoms with Crippen molar-refractivity contribution in [2.24, 2.45) is 5.73 Å². The van der Waals surface area contributed by atoms with Gasteiger partial charge in [0.25, 0.3) is 0 Å². The molecule has 5 heteroatoms. The van der Waals surface area contributed by atoms with Crippen LogP contribution < -0.4 is 15.2 Å². The SMILES string of the molecule is NC(Cc1ccc(F)cc1F)c1ccc2c(c1)OCO2. The molecule has 2 aromatic rings. The molecule has 0 radical (unpaired) electrons. The molecule has 1 aliphatic heterocycles. The summed E-state index contributed by atoms with van der Waals surface area (Å²) >= 11 is 0. The summed E-state index contributed by atoms with van der Waals surface area (Å²) in [5.74, 6) is 0.135. The van der Waals surface area contributed by atoms with Crippen molar-refractivity contribution < 1.29 is 18.3 Å². The molecular formula is C15H13F2NO2. The largest absolute Gasteiger partial charge is 0.454 e. The minimum atomic E-state index is -0.595. The summed E-state index contributed by atoms with van der Waals surface area (Å²) in [4.78, 5) is 0. The Morgan fingerprint density at radius 2 is 1.85 bits per heavy atom. The lowest BCUT2D eigenvalue weighted by Gasteiger charge is -2.13. The van der Waals surface area contributed by atoms with Crippen molar-refractivity contribution in [1.29, 1.82) is 0 Å². The first-order valence-corrected chi connectivity index (χ1v) is 6.22.